The Morgan fingerprint density at radius 2 is 1.64 bits per heavy atom. The van der Waals surface area contributed by atoms with Crippen molar-refractivity contribution in [2.24, 2.45) is 4.99 Å². The summed E-state index contributed by atoms with van der Waals surface area (Å²) >= 11 is 0. The van der Waals surface area contributed by atoms with Gasteiger partial charge in [0.2, 0.25) is 0 Å². The van der Waals surface area contributed by atoms with Gasteiger partial charge in [0.25, 0.3) is 0 Å². The first-order valence-electron chi connectivity index (χ1n) is 9.29. The fraction of sp³-hybridized carbons (Fsp3) is 0.381. The number of ether oxygens (including phenoxy) is 1. The van der Waals surface area contributed by atoms with E-state index in [1.807, 2.05) is 19.1 Å². The number of nitrogens with one attached hydrogen (secondary N) is 3. The molecule has 7 heteroatoms. The molecule has 0 amide bonds. The van der Waals surface area contributed by atoms with Crippen LogP contribution < -0.4 is 16.0 Å². The Balaban J connectivity index is 0.00000392. The highest BCUT2D eigenvalue weighted by Gasteiger charge is 2.00. The molecule has 0 aliphatic rings. The second-order valence-corrected chi connectivity index (χ2v) is 6.11. The number of guanidine groups is 1. The molecule has 0 fully saturated rings. The minimum absolute atomic E-state index is 0. The lowest BCUT2D eigenvalue weighted by atomic mass is 10.1. The lowest BCUT2D eigenvalue weighted by molar-refractivity contribution is 0.211. The standard InChI is InChI=1S/C21H29FN4O.HI/c1-3-23-21(25-13-12-17-4-8-19(22)9-5-17)26-16-18-6-10-20(11-7-18)24-14-15-27-2;/h4-11,24H,3,12-16H2,1-2H3,(H2,23,25,26);1H. The third-order valence-electron chi connectivity index (χ3n) is 3.97. The highest BCUT2D eigenvalue weighted by molar-refractivity contribution is 14.0. The van der Waals surface area contributed by atoms with Gasteiger partial charge in [0.15, 0.2) is 5.96 Å². The Morgan fingerprint density at radius 1 is 0.964 bits per heavy atom. The van der Waals surface area contributed by atoms with Crippen molar-refractivity contribution in [2.45, 2.75) is 19.9 Å². The van der Waals surface area contributed by atoms with E-state index in [0.29, 0.717) is 13.2 Å². The molecule has 0 spiro atoms. The maximum absolute atomic E-state index is 12.9. The van der Waals surface area contributed by atoms with Crippen molar-refractivity contribution in [2.75, 3.05) is 38.7 Å². The topological polar surface area (TPSA) is 57.7 Å². The van der Waals surface area contributed by atoms with Crippen molar-refractivity contribution in [3.63, 3.8) is 0 Å². The quantitative estimate of drug-likeness (QED) is 0.201. The molecule has 0 aliphatic heterocycles. The second kappa shape index (κ2) is 14.2. The fourth-order valence-corrected chi connectivity index (χ4v) is 2.51. The van der Waals surface area contributed by atoms with Gasteiger partial charge in [-0.25, -0.2) is 9.38 Å². The van der Waals surface area contributed by atoms with Gasteiger partial charge >= 0.3 is 0 Å². The van der Waals surface area contributed by atoms with Crippen LogP contribution in [0.3, 0.4) is 0 Å². The Bertz CT molecular complexity index is 693. The van der Waals surface area contributed by atoms with Gasteiger partial charge in [-0.2, -0.15) is 0 Å². The smallest absolute Gasteiger partial charge is 0.191 e. The highest BCUT2D eigenvalue weighted by atomic mass is 127. The summed E-state index contributed by atoms with van der Waals surface area (Å²) < 4.78 is 18.0. The summed E-state index contributed by atoms with van der Waals surface area (Å²) in [5.41, 5.74) is 3.31. The molecule has 0 aliphatic carbocycles. The fourth-order valence-electron chi connectivity index (χ4n) is 2.51. The van der Waals surface area contributed by atoms with Crippen LogP contribution in [0.1, 0.15) is 18.1 Å². The van der Waals surface area contributed by atoms with Crippen LogP contribution in [0, 0.1) is 5.82 Å². The van der Waals surface area contributed by atoms with Gasteiger partial charge in [-0.15, -0.1) is 24.0 Å². The normalized spacial score (nSPS) is 10.9. The number of nitrogens with zero attached hydrogens (tertiary/aromatic N) is 1. The zero-order chi connectivity index (χ0) is 19.3. The van der Waals surface area contributed by atoms with Gasteiger partial charge < -0.3 is 20.7 Å². The van der Waals surface area contributed by atoms with Crippen molar-refractivity contribution in [1.29, 1.82) is 0 Å². The third kappa shape index (κ3) is 9.36. The molecule has 0 unspecified atom stereocenters. The molecule has 0 saturated heterocycles. The Hall–Kier alpha value is -1.87. The summed E-state index contributed by atoms with van der Waals surface area (Å²) in [7, 11) is 1.69. The van der Waals surface area contributed by atoms with Crippen molar-refractivity contribution < 1.29 is 9.13 Å². The zero-order valence-electron chi connectivity index (χ0n) is 16.5. The lowest BCUT2D eigenvalue weighted by Crippen LogP contribution is -2.38. The van der Waals surface area contributed by atoms with Crippen LogP contribution in [-0.2, 0) is 17.7 Å². The average molecular weight is 500 g/mol. The summed E-state index contributed by atoms with van der Waals surface area (Å²) in [4.78, 5) is 4.63. The Labute approximate surface area is 184 Å². The molecule has 0 bridgehead atoms. The van der Waals surface area contributed by atoms with E-state index in [1.165, 1.54) is 12.1 Å². The molecule has 5 nitrogen and oxygen atoms in total. The van der Waals surface area contributed by atoms with E-state index < -0.39 is 0 Å². The zero-order valence-corrected chi connectivity index (χ0v) is 18.8. The molecule has 154 valence electrons. The molecule has 2 rings (SSSR count). The van der Waals surface area contributed by atoms with Crippen molar-refractivity contribution in [1.82, 2.24) is 10.6 Å². The number of aliphatic imine (C=N–C) groups is 1. The van der Waals surface area contributed by atoms with E-state index in [1.54, 1.807) is 7.11 Å². The molecule has 0 saturated carbocycles. The SMILES string of the molecule is CCNC(=NCc1ccc(NCCOC)cc1)NCCc1ccc(F)cc1.I. The Kier molecular flexibility index (Phi) is 12.2. The summed E-state index contributed by atoms with van der Waals surface area (Å²) in [6.45, 7) is 5.64. The Morgan fingerprint density at radius 3 is 2.29 bits per heavy atom. The number of rotatable bonds is 10. The first kappa shape index (κ1) is 24.2. The van der Waals surface area contributed by atoms with Gasteiger partial charge in [-0.05, 0) is 48.7 Å². The lowest BCUT2D eigenvalue weighted by Gasteiger charge is -2.11. The van der Waals surface area contributed by atoms with Crippen LogP contribution in [0.4, 0.5) is 10.1 Å². The molecule has 0 heterocycles. The minimum atomic E-state index is -0.207. The first-order chi connectivity index (χ1) is 13.2. The van der Waals surface area contributed by atoms with Crippen LogP contribution in [0.2, 0.25) is 0 Å². The van der Waals surface area contributed by atoms with Crippen LogP contribution >= 0.6 is 24.0 Å². The first-order valence-corrected chi connectivity index (χ1v) is 9.29. The molecule has 0 radical (unpaired) electrons. The number of hydrogen-bond donors (Lipinski definition) is 3. The van der Waals surface area contributed by atoms with E-state index in [0.717, 1.165) is 48.8 Å². The van der Waals surface area contributed by atoms with Crippen LogP contribution in [-0.4, -0.2) is 39.3 Å². The van der Waals surface area contributed by atoms with Crippen molar-refractivity contribution in [3.8, 4) is 0 Å². The molecule has 2 aromatic rings. The predicted molar refractivity (Wildman–Crippen MR) is 125 cm³/mol. The minimum Gasteiger partial charge on any atom is -0.383 e. The van der Waals surface area contributed by atoms with E-state index in [-0.39, 0.29) is 29.8 Å². The largest absolute Gasteiger partial charge is 0.383 e. The van der Waals surface area contributed by atoms with E-state index >= 15 is 0 Å². The van der Waals surface area contributed by atoms with Gasteiger partial charge in [0.05, 0.1) is 13.2 Å². The van der Waals surface area contributed by atoms with Gasteiger partial charge in [0.1, 0.15) is 5.82 Å². The molecule has 0 aromatic heterocycles. The number of halogens is 2. The van der Waals surface area contributed by atoms with Crippen molar-refractivity contribution >= 4 is 35.6 Å². The second-order valence-electron chi connectivity index (χ2n) is 6.11. The third-order valence-corrected chi connectivity index (χ3v) is 3.97. The molecule has 2 aromatic carbocycles. The number of anilines is 1. The van der Waals surface area contributed by atoms with Crippen molar-refractivity contribution in [3.05, 3.63) is 65.5 Å². The number of methoxy groups -OCH3 is 1. The molecule has 0 atom stereocenters. The molecular formula is C21H30FIN4O. The van der Waals surface area contributed by atoms with E-state index in [9.17, 15) is 4.39 Å². The molecule has 3 N–H and O–H groups in total. The summed E-state index contributed by atoms with van der Waals surface area (Å²) in [5.74, 6) is 0.573. The maximum Gasteiger partial charge on any atom is 0.191 e. The number of hydrogen-bond acceptors (Lipinski definition) is 3. The highest BCUT2D eigenvalue weighted by Crippen LogP contribution is 2.10. The summed E-state index contributed by atoms with van der Waals surface area (Å²) in [5, 5.41) is 9.86. The average Bonchev–Trinajstić information content (AvgIpc) is 2.69. The number of benzene rings is 2. The molecular weight excluding hydrogens is 470 g/mol. The van der Waals surface area contributed by atoms with Gasteiger partial charge in [0, 0.05) is 32.4 Å². The maximum atomic E-state index is 12.9. The van der Waals surface area contributed by atoms with Gasteiger partial charge in [-0.1, -0.05) is 24.3 Å². The van der Waals surface area contributed by atoms with Crippen LogP contribution in [0.5, 0.6) is 0 Å². The van der Waals surface area contributed by atoms with Crippen LogP contribution in [0.25, 0.3) is 0 Å². The van der Waals surface area contributed by atoms with Crippen LogP contribution in [0.15, 0.2) is 53.5 Å². The predicted octanol–water partition coefficient (Wildman–Crippen LogP) is 3.80. The van der Waals surface area contributed by atoms with Gasteiger partial charge in [-0.3, -0.25) is 0 Å². The van der Waals surface area contributed by atoms with E-state index in [2.05, 4.69) is 45.2 Å². The van der Waals surface area contributed by atoms with E-state index in [4.69, 9.17) is 4.74 Å². The summed E-state index contributed by atoms with van der Waals surface area (Å²) in [6.07, 6.45) is 0.812. The monoisotopic (exact) mass is 500 g/mol. The summed E-state index contributed by atoms with van der Waals surface area (Å²) in [6, 6.07) is 14.8. The molecule has 28 heavy (non-hydrogen) atoms.